The van der Waals surface area contributed by atoms with E-state index in [1.54, 1.807) is 25.1 Å². The number of ether oxygens (including phenoxy) is 1. The predicted octanol–water partition coefficient (Wildman–Crippen LogP) is 3.41. The molecule has 2 aromatic rings. The van der Waals surface area contributed by atoms with Crippen molar-refractivity contribution in [3.05, 3.63) is 28.2 Å². The van der Waals surface area contributed by atoms with Crippen molar-refractivity contribution >= 4 is 58.5 Å². The summed E-state index contributed by atoms with van der Waals surface area (Å²) < 4.78 is 6.39. The van der Waals surface area contributed by atoms with E-state index in [0.717, 1.165) is 11.8 Å². The first-order valence-corrected chi connectivity index (χ1v) is 9.86. The molecule has 11 heteroatoms. The number of nitrogens with zero attached hydrogens (tertiary/aromatic N) is 3. The van der Waals surface area contributed by atoms with Gasteiger partial charge < -0.3 is 15.8 Å². The van der Waals surface area contributed by atoms with Gasteiger partial charge in [0.15, 0.2) is 5.16 Å². The minimum Gasteiger partial charge on any atom is -0.465 e. The fourth-order valence-corrected chi connectivity index (χ4v) is 3.38. The highest BCUT2D eigenvalue weighted by Gasteiger charge is 2.25. The quantitative estimate of drug-likeness (QED) is 0.486. The summed E-state index contributed by atoms with van der Waals surface area (Å²) >= 11 is 13.0. The largest absolute Gasteiger partial charge is 0.465 e. The SMILES string of the molecule is CCOC(=O)CSc1nnc(N)n1C(CC)C(=O)Nc1ccc(Cl)c(Cl)c1. The number of amides is 1. The minimum atomic E-state index is -0.667. The van der Waals surface area contributed by atoms with E-state index in [-0.39, 0.29) is 30.2 Å². The number of hydrogen-bond donors (Lipinski definition) is 2. The van der Waals surface area contributed by atoms with Crippen molar-refractivity contribution in [3.8, 4) is 0 Å². The van der Waals surface area contributed by atoms with E-state index in [1.807, 2.05) is 6.92 Å². The number of anilines is 2. The van der Waals surface area contributed by atoms with Crippen LogP contribution in [0.3, 0.4) is 0 Å². The molecule has 0 aliphatic rings. The third-order valence-corrected chi connectivity index (χ3v) is 5.16. The maximum Gasteiger partial charge on any atom is 0.316 e. The first kappa shape index (κ1) is 21.3. The third kappa shape index (κ3) is 5.50. The fourth-order valence-electron chi connectivity index (χ4n) is 2.29. The predicted molar refractivity (Wildman–Crippen MR) is 106 cm³/mol. The number of nitrogens with two attached hydrogens (primary N) is 1. The Bertz CT molecular complexity index is 830. The first-order chi connectivity index (χ1) is 12.9. The molecule has 1 amide bonds. The van der Waals surface area contributed by atoms with Crippen LogP contribution in [0.15, 0.2) is 23.4 Å². The Morgan fingerprint density at radius 2 is 2.04 bits per heavy atom. The van der Waals surface area contributed by atoms with E-state index in [4.69, 9.17) is 33.7 Å². The lowest BCUT2D eigenvalue weighted by atomic mass is 10.2. The van der Waals surface area contributed by atoms with Crippen LogP contribution in [0.1, 0.15) is 26.3 Å². The number of aromatic nitrogens is 3. The maximum absolute atomic E-state index is 12.8. The smallest absolute Gasteiger partial charge is 0.316 e. The highest BCUT2D eigenvalue weighted by atomic mass is 35.5. The van der Waals surface area contributed by atoms with Crippen LogP contribution in [-0.4, -0.2) is 39.0 Å². The number of carbonyl (C=O) groups is 2. The van der Waals surface area contributed by atoms with Gasteiger partial charge in [0.1, 0.15) is 6.04 Å². The van der Waals surface area contributed by atoms with Crippen LogP contribution < -0.4 is 11.1 Å². The van der Waals surface area contributed by atoms with Gasteiger partial charge in [0.2, 0.25) is 11.9 Å². The summed E-state index contributed by atoms with van der Waals surface area (Å²) in [5, 5.41) is 11.6. The average molecular weight is 432 g/mol. The number of halogens is 2. The molecular weight excluding hydrogens is 413 g/mol. The number of benzene rings is 1. The molecule has 1 aromatic carbocycles. The molecule has 1 unspecified atom stereocenters. The molecule has 27 heavy (non-hydrogen) atoms. The molecule has 0 saturated carbocycles. The normalized spacial score (nSPS) is 11.9. The zero-order chi connectivity index (χ0) is 20.0. The van der Waals surface area contributed by atoms with Gasteiger partial charge in [-0.25, -0.2) is 0 Å². The molecule has 0 spiro atoms. The first-order valence-electron chi connectivity index (χ1n) is 8.12. The standard InChI is InChI=1S/C16H19Cl2N5O3S/c1-3-12(14(25)20-9-5-6-10(17)11(18)7-9)23-15(19)21-22-16(23)27-8-13(24)26-4-2/h5-7,12H,3-4,8H2,1-2H3,(H2,19,21)(H,20,25). The molecule has 1 aromatic heterocycles. The van der Waals surface area contributed by atoms with Gasteiger partial charge in [0.25, 0.3) is 0 Å². The Morgan fingerprint density at radius 1 is 1.30 bits per heavy atom. The number of hydrogen-bond acceptors (Lipinski definition) is 7. The lowest BCUT2D eigenvalue weighted by Crippen LogP contribution is -2.27. The molecule has 0 saturated heterocycles. The van der Waals surface area contributed by atoms with Gasteiger partial charge >= 0.3 is 5.97 Å². The average Bonchev–Trinajstić information content (AvgIpc) is 2.98. The Balaban J connectivity index is 2.18. The van der Waals surface area contributed by atoms with Gasteiger partial charge in [0.05, 0.1) is 22.4 Å². The molecule has 2 rings (SSSR count). The van der Waals surface area contributed by atoms with E-state index < -0.39 is 6.04 Å². The van der Waals surface area contributed by atoms with E-state index in [9.17, 15) is 9.59 Å². The van der Waals surface area contributed by atoms with Crippen molar-refractivity contribution in [2.45, 2.75) is 31.5 Å². The highest BCUT2D eigenvalue weighted by Crippen LogP contribution is 2.28. The molecule has 1 heterocycles. The zero-order valence-corrected chi connectivity index (χ0v) is 17.1. The fraction of sp³-hybridized carbons (Fsp3) is 0.375. The number of carbonyl (C=O) groups excluding carboxylic acids is 2. The molecule has 0 aliphatic heterocycles. The summed E-state index contributed by atoms with van der Waals surface area (Å²) in [6, 6.07) is 4.12. The van der Waals surface area contributed by atoms with Crippen molar-refractivity contribution in [2.24, 2.45) is 0 Å². The molecule has 8 nitrogen and oxygen atoms in total. The van der Waals surface area contributed by atoms with Gasteiger partial charge in [-0.2, -0.15) is 0 Å². The molecule has 0 fully saturated rings. The van der Waals surface area contributed by atoms with Crippen LogP contribution in [0, 0.1) is 0 Å². The topological polar surface area (TPSA) is 112 Å². The number of rotatable bonds is 8. The molecule has 0 aliphatic carbocycles. The van der Waals surface area contributed by atoms with E-state index >= 15 is 0 Å². The third-order valence-electron chi connectivity index (χ3n) is 3.50. The Kier molecular flexibility index (Phi) is 7.76. The van der Waals surface area contributed by atoms with Gasteiger partial charge in [-0.3, -0.25) is 14.2 Å². The maximum atomic E-state index is 12.8. The van der Waals surface area contributed by atoms with Gasteiger partial charge in [-0.1, -0.05) is 41.9 Å². The van der Waals surface area contributed by atoms with E-state index in [2.05, 4.69) is 15.5 Å². The number of esters is 1. The summed E-state index contributed by atoms with van der Waals surface area (Å²) in [5.41, 5.74) is 6.40. The van der Waals surface area contributed by atoms with Crippen molar-refractivity contribution < 1.29 is 14.3 Å². The summed E-state index contributed by atoms with van der Waals surface area (Å²) in [5.74, 6) is -0.585. The zero-order valence-electron chi connectivity index (χ0n) is 14.7. The minimum absolute atomic E-state index is 0.0385. The number of thioether (sulfide) groups is 1. The lowest BCUT2D eigenvalue weighted by Gasteiger charge is -2.19. The van der Waals surface area contributed by atoms with Gasteiger partial charge in [-0.05, 0) is 31.5 Å². The lowest BCUT2D eigenvalue weighted by molar-refractivity contribution is -0.139. The van der Waals surface area contributed by atoms with E-state index in [1.165, 1.54) is 4.57 Å². The van der Waals surface area contributed by atoms with Crippen LogP contribution in [0.5, 0.6) is 0 Å². The molecule has 0 bridgehead atoms. The second kappa shape index (κ2) is 9.82. The van der Waals surface area contributed by atoms with Crippen molar-refractivity contribution in [2.75, 3.05) is 23.4 Å². The Morgan fingerprint density at radius 3 is 2.67 bits per heavy atom. The number of nitrogens with one attached hydrogen (secondary N) is 1. The van der Waals surface area contributed by atoms with Gasteiger partial charge in [0, 0.05) is 5.69 Å². The summed E-state index contributed by atoms with van der Waals surface area (Å²) in [7, 11) is 0. The second-order valence-corrected chi connectivity index (χ2v) is 7.10. The number of nitrogen functional groups attached to an aromatic ring is 1. The van der Waals surface area contributed by atoms with Crippen LogP contribution in [0.25, 0.3) is 0 Å². The molecule has 0 radical (unpaired) electrons. The van der Waals surface area contributed by atoms with Crippen LogP contribution in [-0.2, 0) is 14.3 Å². The highest BCUT2D eigenvalue weighted by molar-refractivity contribution is 7.99. The summed E-state index contributed by atoms with van der Waals surface area (Å²) in [4.78, 5) is 24.3. The summed E-state index contributed by atoms with van der Waals surface area (Å²) in [6.45, 7) is 3.85. The van der Waals surface area contributed by atoms with Crippen LogP contribution >= 0.6 is 35.0 Å². The molecule has 3 N–H and O–H groups in total. The van der Waals surface area contributed by atoms with Gasteiger partial charge in [-0.15, -0.1) is 10.2 Å². The molecular formula is C16H19Cl2N5O3S. The molecule has 146 valence electrons. The summed E-state index contributed by atoms with van der Waals surface area (Å²) in [6.07, 6.45) is 0.433. The van der Waals surface area contributed by atoms with Crippen LogP contribution in [0.2, 0.25) is 10.0 Å². The molecule has 1 atom stereocenters. The van der Waals surface area contributed by atoms with Crippen molar-refractivity contribution in [1.29, 1.82) is 0 Å². The second-order valence-electron chi connectivity index (χ2n) is 5.35. The van der Waals surface area contributed by atoms with Crippen molar-refractivity contribution in [1.82, 2.24) is 14.8 Å². The van der Waals surface area contributed by atoms with E-state index in [0.29, 0.717) is 27.3 Å². The Labute approximate surface area is 170 Å². The monoisotopic (exact) mass is 431 g/mol. The van der Waals surface area contributed by atoms with Crippen LogP contribution in [0.4, 0.5) is 11.6 Å². The Hall–Kier alpha value is -1.97. The van der Waals surface area contributed by atoms with Crippen molar-refractivity contribution in [3.63, 3.8) is 0 Å².